The van der Waals surface area contributed by atoms with Gasteiger partial charge in [0.05, 0.1) is 12.7 Å². The van der Waals surface area contributed by atoms with Crippen molar-refractivity contribution in [2.24, 2.45) is 0 Å². The lowest BCUT2D eigenvalue weighted by Gasteiger charge is -2.17. The Hall–Kier alpha value is -1.80. The maximum Gasteiger partial charge on any atom is 0.330 e. The second-order valence-corrected chi connectivity index (χ2v) is 3.96. The molecule has 0 aliphatic heterocycles. The van der Waals surface area contributed by atoms with Crippen LogP contribution in [-0.2, 0) is 16.0 Å². The second-order valence-electron chi connectivity index (χ2n) is 3.96. The average Bonchev–Trinajstić information content (AvgIpc) is 2.37. The van der Waals surface area contributed by atoms with Gasteiger partial charge in [-0.2, -0.15) is 0 Å². The average molecular weight is 272 g/mol. The molecule has 1 aromatic rings. The van der Waals surface area contributed by atoms with Gasteiger partial charge < -0.3 is 20.5 Å². The van der Waals surface area contributed by atoms with Gasteiger partial charge in [0, 0.05) is 27.3 Å². The van der Waals surface area contributed by atoms with Crippen molar-refractivity contribution in [3.8, 4) is 0 Å². The highest BCUT2D eigenvalue weighted by atomic mass is 16.5. The SMILES string of the molecule is CCn1c(N)c(NCC(COC)OC)c(=O)[nH]c1=O. The van der Waals surface area contributed by atoms with E-state index in [0.29, 0.717) is 19.7 Å². The Morgan fingerprint density at radius 3 is 2.63 bits per heavy atom. The molecule has 1 aromatic heterocycles. The molecule has 0 bridgehead atoms. The number of hydrogen-bond donors (Lipinski definition) is 3. The molecule has 1 unspecified atom stereocenters. The lowest BCUT2D eigenvalue weighted by molar-refractivity contribution is 0.0365. The van der Waals surface area contributed by atoms with Crippen molar-refractivity contribution in [3.63, 3.8) is 0 Å². The Bertz CT molecular complexity index is 522. The standard InChI is InChI=1S/C11H20N4O4/c1-4-15-9(12)8(10(16)14-11(15)17)13-5-7(19-3)6-18-2/h7,13H,4-6,12H2,1-3H3,(H,14,16,17). The number of H-pyrrole nitrogens is 1. The molecule has 8 nitrogen and oxygen atoms in total. The highest BCUT2D eigenvalue weighted by Gasteiger charge is 2.13. The smallest absolute Gasteiger partial charge is 0.330 e. The first kappa shape index (κ1) is 15.3. The zero-order valence-electron chi connectivity index (χ0n) is 11.4. The Balaban J connectivity index is 2.95. The first-order chi connectivity index (χ1) is 9.04. The monoisotopic (exact) mass is 272 g/mol. The summed E-state index contributed by atoms with van der Waals surface area (Å²) in [4.78, 5) is 25.4. The fourth-order valence-corrected chi connectivity index (χ4v) is 1.68. The molecule has 19 heavy (non-hydrogen) atoms. The molecule has 0 saturated carbocycles. The molecule has 4 N–H and O–H groups in total. The van der Waals surface area contributed by atoms with E-state index in [-0.39, 0.29) is 17.6 Å². The summed E-state index contributed by atoms with van der Waals surface area (Å²) in [5, 5.41) is 2.89. The largest absolute Gasteiger partial charge is 0.383 e. The fourth-order valence-electron chi connectivity index (χ4n) is 1.68. The van der Waals surface area contributed by atoms with Crippen molar-refractivity contribution < 1.29 is 9.47 Å². The van der Waals surface area contributed by atoms with Crippen LogP contribution >= 0.6 is 0 Å². The van der Waals surface area contributed by atoms with Crippen LogP contribution in [0.5, 0.6) is 0 Å². The van der Waals surface area contributed by atoms with Crippen LogP contribution in [0.2, 0.25) is 0 Å². The van der Waals surface area contributed by atoms with E-state index < -0.39 is 11.2 Å². The van der Waals surface area contributed by atoms with E-state index in [1.807, 2.05) is 0 Å². The number of ether oxygens (including phenoxy) is 2. The van der Waals surface area contributed by atoms with Gasteiger partial charge in [-0.05, 0) is 6.92 Å². The summed E-state index contributed by atoms with van der Waals surface area (Å²) >= 11 is 0. The zero-order chi connectivity index (χ0) is 14.4. The van der Waals surface area contributed by atoms with E-state index in [2.05, 4.69) is 10.3 Å². The van der Waals surface area contributed by atoms with E-state index in [1.165, 1.54) is 4.57 Å². The first-order valence-corrected chi connectivity index (χ1v) is 5.93. The Kier molecular flexibility index (Phi) is 5.58. The van der Waals surface area contributed by atoms with Gasteiger partial charge in [0.25, 0.3) is 5.56 Å². The summed E-state index contributed by atoms with van der Waals surface area (Å²) < 4.78 is 11.4. The van der Waals surface area contributed by atoms with Gasteiger partial charge in [0.15, 0.2) is 0 Å². The van der Waals surface area contributed by atoms with Crippen LogP contribution in [0.1, 0.15) is 6.92 Å². The minimum Gasteiger partial charge on any atom is -0.383 e. The molecule has 108 valence electrons. The van der Waals surface area contributed by atoms with Crippen molar-refractivity contribution in [2.75, 3.05) is 38.4 Å². The summed E-state index contributed by atoms with van der Waals surface area (Å²) in [5.74, 6) is 0.114. The topological polar surface area (TPSA) is 111 Å². The molecule has 8 heteroatoms. The number of anilines is 2. The van der Waals surface area contributed by atoms with E-state index in [4.69, 9.17) is 15.2 Å². The van der Waals surface area contributed by atoms with Crippen LogP contribution < -0.4 is 22.3 Å². The molecular weight excluding hydrogens is 252 g/mol. The number of aromatic nitrogens is 2. The molecule has 1 rings (SSSR count). The van der Waals surface area contributed by atoms with Gasteiger partial charge in [-0.3, -0.25) is 14.3 Å². The summed E-state index contributed by atoms with van der Waals surface area (Å²) in [6.45, 7) is 2.87. The van der Waals surface area contributed by atoms with Crippen LogP contribution in [0, 0.1) is 0 Å². The van der Waals surface area contributed by atoms with Gasteiger partial charge in [0.1, 0.15) is 11.5 Å². The predicted molar refractivity (Wildman–Crippen MR) is 72.6 cm³/mol. The lowest BCUT2D eigenvalue weighted by atomic mass is 10.3. The molecule has 0 radical (unpaired) electrons. The number of rotatable bonds is 7. The number of nitrogens with zero attached hydrogens (tertiary/aromatic N) is 1. The van der Waals surface area contributed by atoms with Crippen molar-refractivity contribution in [1.82, 2.24) is 9.55 Å². The number of aromatic amines is 1. The molecule has 1 atom stereocenters. The van der Waals surface area contributed by atoms with Crippen LogP contribution in [0.15, 0.2) is 9.59 Å². The van der Waals surface area contributed by atoms with E-state index in [0.717, 1.165) is 0 Å². The van der Waals surface area contributed by atoms with Gasteiger partial charge in [-0.15, -0.1) is 0 Å². The Morgan fingerprint density at radius 1 is 1.42 bits per heavy atom. The van der Waals surface area contributed by atoms with Crippen molar-refractivity contribution in [3.05, 3.63) is 20.8 Å². The Labute approximate surface area is 110 Å². The van der Waals surface area contributed by atoms with Gasteiger partial charge >= 0.3 is 5.69 Å². The maximum atomic E-state index is 11.7. The minimum absolute atomic E-state index is 0.114. The maximum absolute atomic E-state index is 11.7. The molecule has 1 heterocycles. The number of methoxy groups -OCH3 is 2. The molecule has 0 aliphatic rings. The number of nitrogens with two attached hydrogens (primary N) is 1. The summed E-state index contributed by atoms with van der Waals surface area (Å²) in [6, 6.07) is 0. The third kappa shape index (κ3) is 3.58. The van der Waals surface area contributed by atoms with E-state index in [1.54, 1.807) is 21.1 Å². The quantitative estimate of drug-likeness (QED) is 0.600. The van der Waals surface area contributed by atoms with Gasteiger partial charge in [0.2, 0.25) is 0 Å². The van der Waals surface area contributed by atoms with Crippen LogP contribution in [0.3, 0.4) is 0 Å². The van der Waals surface area contributed by atoms with Crippen molar-refractivity contribution in [2.45, 2.75) is 19.6 Å². The third-order valence-electron chi connectivity index (χ3n) is 2.75. The predicted octanol–water partition coefficient (Wildman–Crippen LogP) is -0.788. The molecule has 0 amide bonds. The highest BCUT2D eigenvalue weighted by molar-refractivity contribution is 5.60. The molecule has 0 saturated heterocycles. The lowest BCUT2D eigenvalue weighted by Crippen LogP contribution is -2.35. The second kappa shape index (κ2) is 6.95. The molecule has 0 aromatic carbocycles. The minimum atomic E-state index is -0.542. The number of hydrogen-bond acceptors (Lipinski definition) is 6. The molecule has 0 fully saturated rings. The third-order valence-corrected chi connectivity index (χ3v) is 2.75. The van der Waals surface area contributed by atoms with Gasteiger partial charge in [-0.1, -0.05) is 0 Å². The van der Waals surface area contributed by atoms with Crippen molar-refractivity contribution >= 4 is 11.5 Å². The normalized spacial score (nSPS) is 12.4. The summed E-state index contributed by atoms with van der Waals surface area (Å²) in [5.41, 5.74) is 4.91. The van der Waals surface area contributed by atoms with E-state index >= 15 is 0 Å². The molecule has 0 spiro atoms. The number of nitrogens with one attached hydrogen (secondary N) is 2. The van der Waals surface area contributed by atoms with Crippen molar-refractivity contribution in [1.29, 1.82) is 0 Å². The summed E-state index contributed by atoms with van der Waals surface area (Å²) in [6.07, 6.45) is -0.217. The van der Waals surface area contributed by atoms with Crippen LogP contribution in [0.4, 0.5) is 11.5 Å². The highest BCUT2D eigenvalue weighted by Crippen LogP contribution is 2.09. The van der Waals surface area contributed by atoms with E-state index in [9.17, 15) is 9.59 Å². The van der Waals surface area contributed by atoms with Crippen LogP contribution in [-0.4, -0.2) is 43.0 Å². The first-order valence-electron chi connectivity index (χ1n) is 5.93. The zero-order valence-corrected chi connectivity index (χ0v) is 11.4. The Morgan fingerprint density at radius 2 is 2.11 bits per heavy atom. The fraction of sp³-hybridized carbons (Fsp3) is 0.636. The van der Waals surface area contributed by atoms with Crippen LogP contribution in [0.25, 0.3) is 0 Å². The molecular formula is C11H20N4O4. The molecule has 0 aliphatic carbocycles. The van der Waals surface area contributed by atoms with Gasteiger partial charge in [-0.25, -0.2) is 4.79 Å². The summed E-state index contributed by atoms with van der Waals surface area (Å²) in [7, 11) is 3.11. The number of nitrogen functional groups attached to an aromatic ring is 1.